The van der Waals surface area contributed by atoms with Crippen LogP contribution in [0, 0.1) is 0 Å². The highest BCUT2D eigenvalue weighted by Gasteiger charge is 2.02. The molecular weight excluding hydrogens is 242 g/mol. The maximum Gasteiger partial charge on any atom is 0.200 e. The Balaban J connectivity index is 1.70. The first kappa shape index (κ1) is 13.7. The van der Waals surface area contributed by atoms with Gasteiger partial charge in [-0.25, -0.2) is 0 Å². The average molecular weight is 263 g/mol. The van der Waals surface area contributed by atoms with Gasteiger partial charge in [0.05, 0.1) is 0 Å². The Kier molecular flexibility index (Phi) is 4.62. The molecule has 0 aromatic carbocycles. The van der Waals surface area contributed by atoms with E-state index in [1.165, 1.54) is 11.1 Å². The van der Waals surface area contributed by atoms with Gasteiger partial charge in [0, 0.05) is 12.6 Å². The Morgan fingerprint density at radius 3 is 2.95 bits per heavy atom. The molecule has 0 spiro atoms. The Hall–Kier alpha value is -1.76. The van der Waals surface area contributed by atoms with Gasteiger partial charge < -0.3 is 10.2 Å². The predicted molar refractivity (Wildman–Crippen MR) is 74.1 cm³/mol. The molecule has 7 heteroatoms. The van der Waals surface area contributed by atoms with Gasteiger partial charge in [0.2, 0.25) is 0 Å². The summed E-state index contributed by atoms with van der Waals surface area (Å²) in [6, 6.07) is 4.35. The number of unbranched alkanes of at least 4 members (excludes halogenated alkanes) is 1. The van der Waals surface area contributed by atoms with Crippen LogP contribution in [0.5, 0.6) is 0 Å². The maximum atomic E-state index is 4.26. The summed E-state index contributed by atoms with van der Waals surface area (Å²) in [5, 5.41) is 18.7. The molecule has 0 bridgehead atoms. The summed E-state index contributed by atoms with van der Waals surface area (Å²) >= 11 is 0. The Labute approximate surface area is 113 Å². The number of tetrazole rings is 1. The van der Waals surface area contributed by atoms with Crippen molar-refractivity contribution < 1.29 is 0 Å². The van der Waals surface area contributed by atoms with Gasteiger partial charge >= 0.3 is 0 Å². The lowest BCUT2D eigenvalue weighted by Crippen LogP contribution is -2.27. The van der Waals surface area contributed by atoms with Gasteiger partial charge in [-0.2, -0.15) is 0 Å². The highest BCUT2D eigenvalue weighted by atomic mass is 15.6. The second-order valence-electron chi connectivity index (χ2n) is 4.95. The summed E-state index contributed by atoms with van der Waals surface area (Å²) < 4.78 is 1.43. The van der Waals surface area contributed by atoms with Crippen molar-refractivity contribution in [2.45, 2.75) is 32.7 Å². The molecule has 0 aliphatic rings. The van der Waals surface area contributed by atoms with Gasteiger partial charge in [0.25, 0.3) is 0 Å². The van der Waals surface area contributed by atoms with E-state index in [2.05, 4.69) is 51.7 Å². The monoisotopic (exact) mass is 263 g/mol. The zero-order chi connectivity index (χ0) is 13.7. The molecule has 2 aromatic heterocycles. The van der Waals surface area contributed by atoms with E-state index >= 15 is 0 Å². The number of nitrogens with one attached hydrogen (secondary N) is 1. The summed E-state index contributed by atoms with van der Waals surface area (Å²) in [4.78, 5) is 2.35. The molecule has 7 nitrogen and oxygen atoms in total. The molecule has 0 saturated heterocycles. The number of fused-ring (bicyclic) bond motifs is 1. The zero-order valence-corrected chi connectivity index (χ0v) is 11.7. The summed E-state index contributed by atoms with van der Waals surface area (Å²) in [6.45, 7) is 6.46. The van der Waals surface area contributed by atoms with Crippen LogP contribution in [-0.2, 0) is 0 Å². The van der Waals surface area contributed by atoms with Crippen molar-refractivity contribution in [3.63, 3.8) is 0 Å². The molecular formula is C12H21N7. The lowest BCUT2D eigenvalue weighted by Gasteiger charge is -2.20. The van der Waals surface area contributed by atoms with Gasteiger partial charge in [-0.1, -0.05) is 0 Å². The summed E-state index contributed by atoms with van der Waals surface area (Å²) in [6.07, 6.45) is 2.29. The summed E-state index contributed by atoms with van der Waals surface area (Å²) in [7, 11) is 2.16. The highest BCUT2D eigenvalue weighted by molar-refractivity contribution is 5.41. The molecule has 0 atom stereocenters. The third-order valence-electron chi connectivity index (χ3n) is 3.19. The van der Waals surface area contributed by atoms with Crippen LogP contribution in [0.1, 0.15) is 26.7 Å². The summed E-state index contributed by atoms with van der Waals surface area (Å²) in [5.41, 5.74) is 0.657. The minimum atomic E-state index is 0.608. The molecule has 19 heavy (non-hydrogen) atoms. The number of hydrogen-bond acceptors (Lipinski definition) is 6. The molecule has 0 unspecified atom stereocenters. The van der Waals surface area contributed by atoms with Crippen LogP contribution in [-0.4, -0.2) is 56.3 Å². The summed E-state index contributed by atoms with van der Waals surface area (Å²) in [5.74, 6) is 0.803. The largest absolute Gasteiger partial charge is 0.369 e. The van der Waals surface area contributed by atoms with Crippen LogP contribution in [0.3, 0.4) is 0 Å². The smallest absolute Gasteiger partial charge is 0.200 e. The van der Waals surface area contributed by atoms with E-state index in [4.69, 9.17) is 0 Å². The molecule has 1 N–H and O–H groups in total. The standard InChI is InChI=1S/C12H21N7/c1-10(2)18(3)9-5-4-8-13-11-6-7-12-14-16-17-19(12)15-11/h6-7,10H,4-5,8-9H2,1-3H3,(H,13,15). The third-order valence-corrected chi connectivity index (χ3v) is 3.19. The van der Waals surface area contributed by atoms with Crippen LogP contribution in [0.15, 0.2) is 12.1 Å². The molecule has 0 aliphatic heterocycles. The van der Waals surface area contributed by atoms with Crippen LogP contribution in [0.25, 0.3) is 5.65 Å². The van der Waals surface area contributed by atoms with E-state index in [1.807, 2.05) is 12.1 Å². The molecule has 2 heterocycles. The number of anilines is 1. The minimum Gasteiger partial charge on any atom is -0.369 e. The van der Waals surface area contributed by atoms with Crippen LogP contribution in [0.2, 0.25) is 0 Å². The first-order valence-corrected chi connectivity index (χ1v) is 6.66. The van der Waals surface area contributed by atoms with Crippen LogP contribution < -0.4 is 5.32 Å². The van der Waals surface area contributed by atoms with E-state index < -0.39 is 0 Å². The lowest BCUT2D eigenvalue weighted by molar-refractivity contribution is 0.269. The van der Waals surface area contributed by atoms with Gasteiger partial charge in [-0.3, -0.25) is 0 Å². The molecule has 0 aliphatic carbocycles. The zero-order valence-electron chi connectivity index (χ0n) is 11.7. The molecule has 0 radical (unpaired) electrons. The van der Waals surface area contributed by atoms with E-state index in [-0.39, 0.29) is 0 Å². The Bertz CT molecular complexity index is 508. The van der Waals surface area contributed by atoms with Gasteiger partial charge in [-0.05, 0) is 62.8 Å². The highest BCUT2D eigenvalue weighted by Crippen LogP contribution is 2.04. The van der Waals surface area contributed by atoms with E-state index in [1.54, 1.807) is 0 Å². The van der Waals surface area contributed by atoms with Crippen LogP contribution in [0.4, 0.5) is 5.82 Å². The SMILES string of the molecule is CC(C)N(C)CCCCNc1ccc2nnnn2n1. The maximum absolute atomic E-state index is 4.26. The van der Waals surface area contributed by atoms with Gasteiger partial charge in [0.15, 0.2) is 5.65 Å². The average Bonchev–Trinajstić information content (AvgIpc) is 2.85. The predicted octanol–water partition coefficient (Wildman–Crippen LogP) is 1.05. The van der Waals surface area contributed by atoms with Gasteiger partial charge in [-0.15, -0.1) is 14.8 Å². The number of rotatable bonds is 7. The fourth-order valence-corrected chi connectivity index (χ4v) is 1.70. The second-order valence-corrected chi connectivity index (χ2v) is 4.95. The molecule has 104 valence electrons. The Morgan fingerprint density at radius 1 is 1.32 bits per heavy atom. The van der Waals surface area contributed by atoms with Crippen molar-refractivity contribution in [1.29, 1.82) is 0 Å². The second kappa shape index (κ2) is 6.42. The molecule has 0 fully saturated rings. The molecule has 2 rings (SSSR count). The number of aromatic nitrogens is 5. The first-order chi connectivity index (χ1) is 9.16. The molecule has 2 aromatic rings. The quantitative estimate of drug-likeness (QED) is 0.753. The van der Waals surface area contributed by atoms with Crippen molar-refractivity contribution in [1.82, 2.24) is 30.2 Å². The van der Waals surface area contributed by atoms with Crippen molar-refractivity contribution in [2.24, 2.45) is 0 Å². The number of nitrogens with zero attached hydrogens (tertiary/aromatic N) is 6. The van der Waals surface area contributed by atoms with E-state index in [0.29, 0.717) is 11.7 Å². The van der Waals surface area contributed by atoms with Gasteiger partial charge in [0.1, 0.15) is 5.82 Å². The lowest BCUT2D eigenvalue weighted by atomic mass is 10.2. The fourth-order valence-electron chi connectivity index (χ4n) is 1.70. The third kappa shape index (κ3) is 3.85. The molecule has 0 saturated carbocycles. The minimum absolute atomic E-state index is 0.608. The van der Waals surface area contributed by atoms with Crippen molar-refractivity contribution >= 4 is 11.5 Å². The normalized spacial score (nSPS) is 11.6. The van der Waals surface area contributed by atoms with Crippen LogP contribution >= 0.6 is 0 Å². The van der Waals surface area contributed by atoms with Crippen molar-refractivity contribution in [3.05, 3.63) is 12.1 Å². The van der Waals surface area contributed by atoms with E-state index in [9.17, 15) is 0 Å². The number of hydrogen-bond donors (Lipinski definition) is 1. The Morgan fingerprint density at radius 2 is 2.16 bits per heavy atom. The molecule has 0 amide bonds. The topological polar surface area (TPSA) is 71.2 Å². The van der Waals surface area contributed by atoms with Crippen molar-refractivity contribution in [3.8, 4) is 0 Å². The first-order valence-electron chi connectivity index (χ1n) is 6.66. The fraction of sp³-hybridized carbons (Fsp3) is 0.667. The van der Waals surface area contributed by atoms with Crippen molar-refractivity contribution in [2.75, 3.05) is 25.5 Å². The van der Waals surface area contributed by atoms with E-state index in [0.717, 1.165) is 25.3 Å².